The molecule has 460 valence electrons. The van der Waals surface area contributed by atoms with Crippen LogP contribution in [0.5, 0.6) is 0 Å². The third kappa shape index (κ3) is 45.6. The summed E-state index contributed by atoms with van der Waals surface area (Å²) in [5.74, 6) is -3.18. The first-order valence-corrected chi connectivity index (χ1v) is 31.9. The van der Waals surface area contributed by atoms with E-state index in [0.29, 0.717) is 19.3 Å². The Morgan fingerprint density at radius 2 is 0.778 bits per heavy atom. The molecule has 6 unspecified atom stereocenters. The molecule has 0 amide bonds. The van der Waals surface area contributed by atoms with Crippen molar-refractivity contribution in [1.29, 1.82) is 0 Å². The van der Waals surface area contributed by atoms with Crippen molar-refractivity contribution >= 4 is 23.9 Å². The molecule has 1 saturated heterocycles. The third-order valence-electron chi connectivity index (χ3n) is 13.8. The van der Waals surface area contributed by atoms with Gasteiger partial charge in [-0.25, -0.2) is 4.79 Å². The van der Waals surface area contributed by atoms with Gasteiger partial charge in [-0.2, -0.15) is 0 Å². The van der Waals surface area contributed by atoms with E-state index < -0.39 is 67.3 Å². The quantitative estimate of drug-likeness (QED) is 0.0228. The van der Waals surface area contributed by atoms with Crippen LogP contribution in [0.3, 0.4) is 0 Å². The molecule has 1 rings (SSSR count). The Balaban J connectivity index is 2.70. The zero-order chi connectivity index (χ0) is 58.9. The minimum Gasteiger partial charge on any atom is -0.479 e. The van der Waals surface area contributed by atoms with Crippen LogP contribution in [-0.2, 0) is 42.9 Å². The third-order valence-corrected chi connectivity index (χ3v) is 13.8. The Labute approximate surface area is 491 Å². The van der Waals surface area contributed by atoms with E-state index in [1.807, 2.05) is 0 Å². The van der Waals surface area contributed by atoms with Gasteiger partial charge in [0, 0.05) is 19.3 Å². The van der Waals surface area contributed by atoms with E-state index in [1.165, 1.54) is 38.5 Å². The number of esters is 3. The summed E-state index contributed by atoms with van der Waals surface area (Å²) in [6.45, 7) is 5.74. The highest BCUT2D eigenvalue weighted by molar-refractivity contribution is 5.74. The fourth-order valence-corrected chi connectivity index (χ4v) is 8.99. The lowest BCUT2D eigenvalue weighted by Gasteiger charge is -2.40. The number of aliphatic carboxylic acids is 1. The molecule has 3 N–H and O–H groups in total. The number of rotatable bonds is 53. The Morgan fingerprint density at radius 3 is 1.20 bits per heavy atom. The fraction of sp³-hybridized carbons (Fsp3) is 0.681. The van der Waals surface area contributed by atoms with E-state index in [1.54, 1.807) is 0 Å². The van der Waals surface area contributed by atoms with Crippen LogP contribution in [-0.4, -0.2) is 89.2 Å². The second-order valence-electron chi connectivity index (χ2n) is 21.3. The molecule has 1 heterocycles. The smallest absolute Gasteiger partial charge is 0.335 e. The second kappa shape index (κ2) is 55.9. The highest BCUT2D eigenvalue weighted by Crippen LogP contribution is 2.26. The predicted molar refractivity (Wildman–Crippen MR) is 330 cm³/mol. The summed E-state index contributed by atoms with van der Waals surface area (Å²) < 4.78 is 28.5. The van der Waals surface area contributed by atoms with Crippen molar-refractivity contribution in [2.24, 2.45) is 0 Å². The molecule has 0 bridgehead atoms. The van der Waals surface area contributed by atoms with Gasteiger partial charge in [0.2, 0.25) is 0 Å². The summed E-state index contributed by atoms with van der Waals surface area (Å²) in [5.41, 5.74) is 0. The van der Waals surface area contributed by atoms with Crippen LogP contribution in [0.15, 0.2) is 109 Å². The lowest BCUT2D eigenvalue weighted by Crippen LogP contribution is -2.61. The van der Waals surface area contributed by atoms with Gasteiger partial charge in [-0.1, -0.05) is 220 Å². The molecule has 12 nitrogen and oxygen atoms in total. The summed E-state index contributed by atoms with van der Waals surface area (Å²) >= 11 is 0. The van der Waals surface area contributed by atoms with Crippen LogP contribution >= 0.6 is 0 Å². The van der Waals surface area contributed by atoms with Gasteiger partial charge < -0.3 is 39.0 Å². The van der Waals surface area contributed by atoms with Gasteiger partial charge in [0.15, 0.2) is 24.6 Å². The van der Waals surface area contributed by atoms with E-state index in [2.05, 4.69) is 130 Å². The molecule has 0 aromatic carbocycles. The number of hydrogen-bond acceptors (Lipinski definition) is 11. The number of hydrogen-bond donors (Lipinski definition) is 3. The van der Waals surface area contributed by atoms with E-state index in [4.69, 9.17) is 23.7 Å². The van der Waals surface area contributed by atoms with E-state index in [0.717, 1.165) is 154 Å². The maximum atomic E-state index is 13.2. The van der Waals surface area contributed by atoms with Crippen molar-refractivity contribution in [3.63, 3.8) is 0 Å². The molecule has 0 saturated carbocycles. The summed E-state index contributed by atoms with van der Waals surface area (Å²) in [6.07, 6.45) is 63.2. The van der Waals surface area contributed by atoms with E-state index >= 15 is 0 Å². The van der Waals surface area contributed by atoms with Crippen LogP contribution in [0.2, 0.25) is 0 Å². The molecule has 0 aromatic heterocycles. The topological polar surface area (TPSA) is 175 Å². The predicted octanol–water partition coefficient (Wildman–Crippen LogP) is 17.0. The van der Waals surface area contributed by atoms with Crippen molar-refractivity contribution in [3.05, 3.63) is 109 Å². The monoisotopic (exact) mass is 1130 g/mol. The Bertz CT molecular complexity index is 1820. The van der Waals surface area contributed by atoms with E-state index in [-0.39, 0.29) is 25.9 Å². The first kappa shape index (κ1) is 74.4. The van der Waals surface area contributed by atoms with Gasteiger partial charge in [-0.3, -0.25) is 14.4 Å². The molecule has 0 aliphatic carbocycles. The molecule has 0 radical (unpaired) electrons. The highest BCUT2D eigenvalue weighted by Gasteiger charge is 2.50. The number of carboxylic acids is 1. The number of ether oxygens (including phenoxy) is 5. The van der Waals surface area contributed by atoms with Crippen LogP contribution < -0.4 is 0 Å². The molecule has 1 aliphatic heterocycles. The standard InChI is InChI=1S/C69H112O12/c1-4-7-10-13-16-19-22-25-28-30-31-33-36-39-42-45-48-51-54-57-63(72)80-67-65(74)64(73)66(68(75)76)81-69(67)78-59-60(79-62(71)56-53-50-47-44-41-38-34-27-24-21-18-15-12-9-6-3)58-77-61(70)55-52-49-46-43-40-37-35-32-29-26-23-20-17-14-11-8-5-2/h7-8,10-11,16-17,19-20,25-29,31,33-35,37,60,64-67,69,73-74H,4-6,9,12-15,18,21-24,30,32,36,38-59H2,1-3H3,(H,75,76)/b10-7-,11-8-,19-16-,20-17-,28-25-,29-26-,33-31-,34-27-,37-35-. The number of carboxylic acid groups (broad SMARTS) is 1. The summed E-state index contributed by atoms with van der Waals surface area (Å²) in [6, 6.07) is 0. The van der Waals surface area contributed by atoms with Crippen molar-refractivity contribution in [3.8, 4) is 0 Å². The van der Waals surface area contributed by atoms with Gasteiger partial charge in [-0.15, -0.1) is 0 Å². The normalized spacial score (nSPS) is 18.5. The van der Waals surface area contributed by atoms with Crippen LogP contribution in [0, 0.1) is 0 Å². The van der Waals surface area contributed by atoms with Gasteiger partial charge in [0.25, 0.3) is 0 Å². The Hall–Kier alpha value is -4.62. The minimum absolute atomic E-state index is 0.0359. The maximum Gasteiger partial charge on any atom is 0.335 e. The molecular weight excluding hydrogens is 1020 g/mol. The first-order valence-electron chi connectivity index (χ1n) is 31.9. The molecule has 0 aromatic rings. The summed E-state index contributed by atoms with van der Waals surface area (Å²) in [4.78, 5) is 51.3. The minimum atomic E-state index is -1.92. The zero-order valence-corrected chi connectivity index (χ0v) is 50.7. The second-order valence-corrected chi connectivity index (χ2v) is 21.3. The van der Waals surface area contributed by atoms with Gasteiger partial charge >= 0.3 is 23.9 Å². The number of aliphatic hydroxyl groups excluding tert-OH is 2. The molecule has 1 fully saturated rings. The van der Waals surface area contributed by atoms with Crippen LogP contribution in [0.4, 0.5) is 0 Å². The van der Waals surface area contributed by atoms with Crippen LogP contribution in [0.25, 0.3) is 0 Å². The van der Waals surface area contributed by atoms with Crippen LogP contribution in [0.1, 0.15) is 252 Å². The molecule has 81 heavy (non-hydrogen) atoms. The average molecular weight is 1130 g/mol. The summed E-state index contributed by atoms with van der Waals surface area (Å²) in [7, 11) is 0. The molecule has 0 spiro atoms. The van der Waals surface area contributed by atoms with Gasteiger partial charge in [-0.05, 0) is 122 Å². The van der Waals surface area contributed by atoms with Crippen molar-refractivity contribution < 1.29 is 58.2 Å². The first-order chi connectivity index (χ1) is 39.6. The average Bonchev–Trinajstić information content (AvgIpc) is 3.54. The number of unbranched alkanes of at least 4 members (excludes halogenated alkanes) is 21. The molecule has 6 atom stereocenters. The van der Waals surface area contributed by atoms with Crippen molar-refractivity contribution in [1.82, 2.24) is 0 Å². The Kier molecular flexibility index (Phi) is 51.3. The molecule has 12 heteroatoms. The number of allylic oxidation sites excluding steroid dienone is 18. The van der Waals surface area contributed by atoms with Gasteiger partial charge in [0.1, 0.15) is 18.8 Å². The largest absolute Gasteiger partial charge is 0.479 e. The summed E-state index contributed by atoms with van der Waals surface area (Å²) in [5, 5.41) is 31.6. The highest BCUT2D eigenvalue weighted by atomic mass is 16.7. The lowest BCUT2D eigenvalue weighted by molar-refractivity contribution is -0.301. The Morgan fingerprint density at radius 1 is 0.420 bits per heavy atom. The number of aliphatic hydroxyl groups is 2. The zero-order valence-electron chi connectivity index (χ0n) is 50.7. The number of carbonyl (C=O) groups excluding carboxylic acids is 3. The van der Waals surface area contributed by atoms with Crippen molar-refractivity contribution in [2.45, 2.75) is 289 Å². The van der Waals surface area contributed by atoms with Gasteiger partial charge in [0.05, 0.1) is 6.61 Å². The lowest BCUT2D eigenvalue weighted by atomic mass is 9.98. The molecule has 1 aliphatic rings. The fourth-order valence-electron chi connectivity index (χ4n) is 8.99. The maximum absolute atomic E-state index is 13.2. The number of carbonyl (C=O) groups is 4. The van der Waals surface area contributed by atoms with E-state index in [9.17, 15) is 34.5 Å². The SMILES string of the molecule is CC/C=C\C/C=C\C/C=C\C/C=C\CCCCCCCCC(=O)OC1C(OCC(COC(=O)CCCCCC/C=C\C/C=C\C/C=C\C/C=C\CC)OC(=O)CCCCCCC/C=C\CCCCCCCC)OC(C(=O)O)C(O)C1O. The molecular formula is C69H112O12. The van der Waals surface area contributed by atoms with Crippen molar-refractivity contribution in [2.75, 3.05) is 13.2 Å².